The van der Waals surface area contributed by atoms with Crippen molar-refractivity contribution in [3.05, 3.63) is 133 Å². The number of esters is 1. The molecule has 1 heterocycles. The Kier molecular flexibility index (Phi) is 6.90. The summed E-state index contributed by atoms with van der Waals surface area (Å²) < 4.78 is 9.10. The van der Waals surface area contributed by atoms with Gasteiger partial charge in [-0.15, -0.1) is 0 Å². The summed E-state index contributed by atoms with van der Waals surface area (Å²) in [5.41, 5.74) is 4.55. The number of para-hydroxylation sites is 3. The van der Waals surface area contributed by atoms with Crippen molar-refractivity contribution in [2.75, 3.05) is 12.4 Å². The maximum Gasteiger partial charge on any atom is 0.335 e. The van der Waals surface area contributed by atoms with Gasteiger partial charge in [-0.25, -0.2) is 4.79 Å². The molecule has 0 fully saturated rings. The van der Waals surface area contributed by atoms with Crippen molar-refractivity contribution < 1.29 is 14.1 Å². The van der Waals surface area contributed by atoms with Crippen LogP contribution >= 0.6 is 0 Å². The van der Waals surface area contributed by atoms with Crippen LogP contribution in [0.4, 0.5) is 5.69 Å². The van der Waals surface area contributed by atoms with Crippen molar-refractivity contribution in [1.82, 2.24) is 9.78 Å². The highest BCUT2D eigenvalue weighted by molar-refractivity contribution is 5.98. The van der Waals surface area contributed by atoms with Gasteiger partial charge in [0, 0.05) is 5.69 Å². The fourth-order valence-corrected chi connectivity index (χ4v) is 4.18. The number of benzene rings is 4. The minimum atomic E-state index is -0.430. The first kappa shape index (κ1) is 23.8. The van der Waals surface area contributed by atoms with E-state index in [0.29, 0.717) is 17.1 Å². The third kappa shape index (κ3) is 4.90. The summed E-state index contributed by atoms with van der Waals surface area (Å²) in [5.74, 6) is 0.985. The lowest BCUT2D eigenvalue weighted by molar-refractivity contribution is -0.587. The van der Waals surface area contributed by atoms with Gasteiger partial charge in [0.15, 0.2) is 0 Å². The zero-order valence-corrected chi connectivity index (χ0v) is 20.7. The molecule has 0 atom stereocenters. The van der Waals surface area contributed by atoms with Crippen LogP contribution in [0, 0.1) is 0 Å². The molecule has 0 bridgehead atoms. The summed E-state index contributed by atoms with van der Waals surface area (Å²) in [6.07, 6.45) is 0. The molecular formula is C31H27N4O2+. The lowest BCUT2D eigenvalue weighted by Crippen LogP contribution is -2.38. The zero-order chi connectivity index (χ0) is 25.6. The number of hydrogen-bond donors (Lipinski definition) is 1. The van der Waals surface area contributed by atoms with Gasteiger partial charge in [0.1, 0.15) is 17.1 Å². The number of nitrogens with one attached hydrogen (secondary N) is 1. The molecule has 1 aromatic heterocycles. The molecular weight excluding hydrogens is 460 g/mol. The van der Waals surface area contributed by atoms with E-state index in [1.807, 2.05) is 126 Å². The second-order valence-corrected chi connectivity index (χ2v) is 8.41. The number of aromatic nitrogens is 3. The van der Waals surface area contributed by atoms with Crippen molar-refractivity contribution in [1.29, 1.82) is 0 Å². The van der Waals surface area contributed by atoms with Gasteiger partial charge in [0.05, 0.1) is 23.3 Å². The van der Waals surface area contributed by atoms with Crippen LogP contribution < -0.4 is 9.88 Å². The van der Waals surface area contributed by atoms with Crippen molar-refractivity contribution in [2.45, 2.75) is 6.92 Å². The third-order valence-electron chi connectivity index (χ3n) is 6.00. The van der Waals surface area contributed by atoms with Crippen LogP contribution in [0.15, 0.2) is 127 Å². The van der Waals surface area contributed by atoms with E-state index in [1.165, 1.54) is 7.11 Å². The summed E-state index contributed by atoms with van der Waals surface area (Å²) in [5, 5.41) is 8.60. The number of anilines is 1. The van der Waals surface area contributed by atoms with Crippen LogP contribution in [0.5, 0.6) is 0 Å². The van der Waals surface area contributed by atoms with Gasteiger partial charge in [-0.3, -0.25) is 0 Å². The fraction of sp³-hybridized carbons (Fsp3) is 0.0645. The number of nitrogens with zero attached hydrogens (tertiary/aromatic N) is 3. The monoisotopic (exact) mass is 487 g/mol. The number of rotatable bonds is 7. The Morgan fingerprint density at radius 2 is 1.32 bits per heavy atom. The largest absolute Gasteiger partial charge is 0.466 e. The number of carbonyl (C=O) groups excluding carboxylic acids is 1. The molecule has 1 N–H and O–H groups in total. The van der Waals surface area contributed by atoms with E-state index in [9.17, 15) is 4.79 Å². The van der Waals surface area contributed by atoms with Crippen LogP contribution in [-0.4, -0.2) is 22.9 Å². The highest BCUT2D eigenvalue weighted by Crippen LogP contribution is 2.27. The second kappa shape index (κ2) is 10.7. The average Bonchev–Trinajstić information content (AvgIpc) is 3.37. The molecule has 37 heavy (non-hydrogen) atoms. The van der Waals surface area contributed by atoms with Crippen molar-refractivity contribution in [3.63, 3.8) is 0 Å². The van der Waals surface area contributed by atoms with Gasteiger partial charge < -0.3 is 10.1 Å². The molecule has 6 heteroatoms. The van der Waals surface area contributed by atoms with Crippen molar-refractivity contribution in [3.8, 4) is 22.8 Å². The van der Waals surface area contributed by atoms with Gasteiger partial charge >= 0.3 is 11.8 Å². The van der Waals surface area contributed by atoms with E-state index in [1.54, 1.807) is 6.92 Å². The van der Waals surface area contributed by atoms with Crippen LogP contribution in [-0.2, 0) is 9.53 Å². The van der Waals surface area contributed by atoms with E-state index in [2.05, 4.69) is 9.88 Å². The lowest BCUT2D eigenvalue weighted by atomic mass is 10.1. The molecule has 182 valence electrons. The van der Waals surface area contributed by atoms with Crippen LogP contribution in [0.3, 0.4) is 0 Å². The first-order valence-electron chi connectivity index (χ1n) is 12.0. The molecule has 5 aromatic rings. The minimum absolute atomic E-state index is 0.424. The summed E-state index contributed by atoms with van der Waals surface area (Å²) in [6, 6.07) is 39.7. The number of hydrogen-bond acceptors (Lipinski definition) is 4. The Morgan fingerprint density at radius 3 is 1.92 bits per heavy atom. The van der Waals surface area contributed by atoms with Gasteiger partial charge in [0.2, 0.25) is 0 Å². The first-order chi connectivity index (χ1) is 18.2. The highest BCUT2D eigenvalue weighted by atomic mass is 16.5. The SMILES string of the molecule is COC(=O)C(C)=C(Nc1ccccc1)c1n(-c2ccccc2)nc(-c2ccccc2)[n+]1-c1ccccc1. The number of ether oxygens (including phenoxy) is 1. The highest BCUT2D eigenvalue weighted by Gasteiger charge is 2.34. The maximum absolute atomic E-state index is 12.9. The Hall–Kier alpha value is -4.97. The fourth-order valence-electron chi connectivity index (χ4n) is 4.18. The normalized spacial score (nSPS) is 11.5. The summed E-state index contributed by atoms with van der Waals surface area (Å²) in [4.78, 5) is 12.9. The lowest BCUT2D eigenvalue weighted by Gasteiger charge is -2.14. The Bertz CT molecular complexity index is 1530. The second-order valence-electron chi connectivity index (χ2n) is 8.41. The quantitative estimate of drug-likeness (QED) is 0.178. The van der Waals surface area contributed by atoms with Crippen LogP contribution in [0.25, 0.3) is 28.5 Å². The number of methoxy groups -OCH3 is 1. The molecule has 6 nitrogen and oxygen atoms in total. The van der Waals surface area contributed by atoms with Crippen LogP contribution in [0.1, 0.15) is 12.7 Å². The first-order valence-corrected chi connectivity index (χ1v) is 12.0. The van der Waals surface area contributed by atoms with Crippen LogP contribution in [0.2, 0.25) is 0 Å². The number of carbonyl (C=O) groups is 1. The molecule has 0 saturated carbocycles. The maximum atomic E-state index is 12.9. The smallest absolute Gasteiger partial charge is 0.335 e. The third-order valence-corrected chi connectivity index (χ3v) is 6.00. The van der Waals surface area contributed by atoms with Gasteiger partial charge in [0.25, 0.3) is 5.82 Å². The average molecular weight is 488 g/mol. The molecule has 0 spiro atoms. The molecule has 0 aliphatic rings. The van der Waals surface area contributed by atoms with Crippen molar-refractivity contribution >= 4 is 17.4 Å². The Morgan fingerprint density at radius 1 is 0.784 bits per heavy atom. The predicted molar refractivity (Wildman–Crippen MR) is 145 cm³/mol. The molecule has 0 radical (unpaired) electrons. The molecule has 4 aromatic carbocycles. The molecule has 0 aliphatic carbocycles. The van der Waals surface area contributed by atoms with Gasteiger partial charge in [-0.1, -0.05) is 77.5 Å². The molecule has 5 rings (SSSR count). The Labute approximate surface area is 216 Å². The molecule has 0 aliphatic heterocycles. The van der Waals surface area contributed by atoms with E-state index in [-0.39, 0.29) is 0 Å². The zero-order valence-electron chi connectivity index (χ0n) is 20.7. The van der Waals surface area contributed by atoms with Gasteiger partial charge in [-0.2, -0.15) is 4.57 Å². The van der Waals surface area contributed by atoms with E-state index in [4.69, 9.17) is 9.84 Å². The summed E-state index contributed by atoms with van der Waals surface area (Å²) >= 11 is 0. The van der Waals surface area contributed by atoms with Gasteiger partial charge in [-0.05, 0) is 55.5 Å². The molecule has 0 saturated heterocycles. The summed E-state index contributed by atoms with van der Waals surface area (Å²) in [6.45, 7) is 1.76. The van der Waals surface area contributed by atoms with E-state index < -0.39 is 5.97 Å². The summed E-state index contributed by atoms with van der Waals surface area (Å²) in [7, 11) is 1.39. The van der Waals surface area contributed by atoms with Crippen molar-refractivity contribution in [2.24, 2.45) is 0 Å². The minimum Gasteiger partial charge on any atom is -0.466 e. The standard InChI is InChI=1S/C31H26N4O2/c1-23(31(36)37-2)28(32-25-17-9-4-10-18-25)30-34(26-19-11-5-12-20-26)29(24-15-7-3-8-16-24)33-35(30)27-21-13-6-14-22-27/h3-22H,1-2H3/p+1. The predicted octanol–water partition coefficient (Wildman–Crippen LogP) is 5.83. The molecule has 0 unspecified atom stereocenters. The van der Waals surface area contributed by atoms with E-state index in [0.717, 1.165) is 28.5 Å². The molecule has 0 amide bonds. The van der Waals surface area contributed by atoms with E-state index >= 15 is 0 Å². The Balaban J connectivity index is 1.89. The topological polar surface area (TPSA) is 60.0 Å².